The number of nitrogens with zero attached hydrogens (tertiary/aromatic N) is 2. The summed E-state index contributed by atoms with van der Waals surface area (Å²) in [5, 5.41) is 13.7. The number of nitrogens with one attached hydrogen (secondary N) is 1. The summed E-state index contributed by atoms with van der Waals surface area (Å²) in [6.45, 7) is 7.18. The van der Waals surface area contributed by atoms with E-state index in [-0.39, 0.29) is 24.9 Å². The summed E-state index contributed by atoms with van der Waals surface area (Å²) in [5.74, 6) is 0.209. The van der Waals surface area contributed by atoms with Crippen molar-refractivity contribution in [2.75, 3.05) is 32.7 Å². The molecule has 2 aliphatic heterocycles. The number of piperidine rings is 1. The van der Waals surface area contributed by atoms with Gasteiger partial charge in [0.15, 0.2) is 5.60 Å². The molecule has 26 heavy (non-hydrogen) atoms. The van der Waals surface area contributed by atoms with Gasteiger partial charge < -0.3 is 15.3 Å². The third-order valence-corrected chi connectivity index (χ3v) is 5.33. The van der Waals surface area contributed by atoms with Crippen molar-refractivity contribution in [3.8, 4) is 0 Å². The van der Waals surface area contributed by atoms with Gasteiger partial charge in [-0.3, -0.25) is 14.5 Å². The zero-order chi connectivity index (χ0) is 18.7. The van der Waals surface area contributed by atoms with Crippen molar-refractivity contribution in [3.63, 3.8) is 0 Å². The van der Waals surface area contributed by atoms with E-state index in [9.17, 15) is 14.7 Å². The maximum absolute atomic E-state index is 12.9. The molecule has 2 saturated heterocycles. The minimum absolute atomic E-state index is 0.0507. The third-order valence-electron chi connectivity index (χ3n) is 5.33. The summed E-state index contributed by atoms with van der Waals surface area (Å²) in [6, 6.07) is 8.33. The molecule has 1 aromatic rings. The molecule has 3 rings (SSSR count). The number of amides is 2. The molecule has 6 heteroatoms. The zero-order valence-electron chi connectivity index (χ0n) is 15.7. The van der Waals surface area contributed by atoms with Gasteiger partial charge >= 0.3 is 0 Å². The summed E-state index contributed by atoms with van der Waals surface area (Å²) < 4.78 is 0. The molecule has 1 aromatic carbocycles. The topological polar surface area (TPSA) is 72.9 Å². The fourth-order valence-corrected chi connectivity index (χ4v) is 3.79. The molecule has 2 N–H and O–H groups in total. The van der Waals surface area contributed by atoms with Crippen LogP contribution in [0.25, 0.3) is 0 Å². The van der Waals surface area contributed by atoms with Crippen molar-refractivity contribution in [2.24, 2.45) is 0 Å². The molecule has 2 amide bonds. The largest absolute Gasteiger partial charge is 0.379 e. The maximum Gasteiger partial charge on any atom is 0.256 e. The fraction of sp³-hybridized carbons (Fsp3) is 0.600. The molecule has 0 saturated carbocycles. The lowest BCUT2D eigenvalue weighted by atomic mass is 9.90. The Kier molecular flexibility index (Phi) is 5.63. The Hall–Kier alpha value is -1.92. The predicted octanol–water partition coefficient (Wildman–Crippen LogP) is 1.10. The standard InChI is InChI=1S/C20H29N3O3/c1-15(2)17-6-4-16(5-7-17)12-23-10-3-8-20(26,19(23)25)14-22-11-9-21-18(24)13-22/h4-7,15,26H,3,8-14H2,1-2H3,(H,21,24)/t20-/m1/s1. The van der Waals surface area contributed by atoms with Crippen LogP contribution in [0.3, 0.4) is 0 Å². The molecule has 0 spiro atoms. The first kappa shape index (κ1) is 18.9. The highest BCUT2D eigenvalue weighted by atomic mass is 16.3. The predicted molar refractivity (Wildman–Crippen MR) is 99.6 cm³/mol. The van der Waals surface area contributed by atoms with Crippen LogP contribution in [-0.4, -0.2) is 65.0 Å². The second-order valence-corrected chi connectivity index (χ2v) is 7.82. The molecule has 0 radical (unpaired) electrons. The molecular formula is C20H29N3O3. The Morgan fingerprint density at radius 3 is 2.58 bits per heavy atom. The van der Waals surface area contributed by atoms with E-state index in [1.165, 1.54) is 5.56 Å². The fourth-order valence-electron chi connectivity index (χ4n) is 3.79. The van der Waals surface area contributed by atoms with E-state index in [1.807, 2.05) is 4.90 Å². The Labute approximate surface area is 155 Å². The van der Waals surface area contributed by atoms with E-state index in [2.05, 4.69) is 43.4 Å². The van der Waals surface area contributed by atoms with Gasteiger partial charge in [-0.2, -0.15) is 0 Å². The molecule has 0 bridgehead atoms. The van der Waals surface area contributed by atoms with Crippen LogP contribution < -0.4 is 5.32 Å². The lowest BCUT2D eigenvalue weighted by Crippen LogP contribution is -2.60. The van der Waals surface area contributed by atoms with Crippen LogP contribution in [0.5, 0.6) is 0 Å². The molecule has 2 aliphatic rings. The summed E-state index contributed by atoms with van der Waals surface area (Å²) in [6.07, 6.45) is 1.22. The number of carbonyl (C=O) groups is 2. The van der Waals surface area contributed by atoms with Crippen molar-refractivity contribution in [1.29, 1.82) is 0 Å². The number of benzene rings is 1. The number of hydrogen-bond donors (Lipinski definition) is 2. The van der Waals surface area contributed by atoms with E-state index >= 15 is 0 Å². The van der Waals surface area contributed by atoms with Crippen molar-refractivity contribution >= 4 is 11.8 Å². The van der Waals surface area contributed by atoms with E-state index < -0.39 is 5.60 Å². The Balaban J connectivity index is 1.65. The van der Waals surface area contributed by atoms with E-state index in [4.69, 9.17) is 0 Å². The number of aliphatic hydroxyl groups is 1. The quantitative estimate of drug-likeness (QED) is 0.826. The van der Waals surface area contributed by atoms with Crippen LogP contribution in [0.2, 0.25) is 0 Å². The highest BCUT2D eigenvalue weighted by molar-refractivity contribution is 5.86. The molecule has 0 unspecified atom stereocenters. The average Bonchev–Trinajstić information content (AvgIpc) is 2.59. The minimum atomic E-state index is -1.40. The second-order valence-electron chi connectivity index (χ2n) is 7.82. The number of likely N-dealkylation sites (tertiary alicyclic amines) is 1. The first-order valence-electron chi connectivity index (χ1n) is 9.47. The molecule has 0 aromatic heterocycles. The van der Waals surface area contributed by atoms with Crippen molar-refractivity contribution < 1.29 is 14.7 Å². The number of carbonyl (C=O) groups excluding carboxylic acids is 2. The highest BCUT2D eigenvalue weighted by Gasteiger charge is 2.43. The highest BCUT2D eigenvalue weighted by Crippen LogP contribution is 2.26. The van der Waals surface area contributed by atoms with Gasteiger partial charge in [-0.1, -0.05) is 38.1 Å². The van der Waals surface area contributed by atoms with Gasteiger partial charge in [-0.05, 0) is 29.9 Å². The number of piperazine rings is 1. The monoisotopic (exact) mass is 359 g/mol. The average molecular weight is 359 g/mol. The van der Waals surface area contributed by atoms with Crippen LogP contribution >= 0.6 is 0 Å². The van der Waals surface area contributed by atoms with E-state index in [1.54, 1.807) is 4.90 Å². The lowest BCUT2D eigenvalue weighted by Gasteiger charge is -2.41. The van der Waals surface area contributed by atoms with Gasteiger partial charge in [0, 0.05) is 32.7 Å². The summed E-state index contributed by atoms with van der Waals surface area (Å²) in [5.41, 5.74) is 0.955. The summed E-state index contributed by atoms with van der Waals surface area (Å²) >= 11 is 0. The molecule has 2 heterocycles. The Bertz CT molecular complexity index is 659. The Morgan fingerprint density at radius 2 is 1.92 bits per heavy atom. The lowest BCUT2D eigenvalue weighted by molar-refractivity contribution is -0.161. The van der Waals surface area contributed by atoms with Gasteiger partial charge in [0.2, 0.25) is 5.91 Å². The third kappa shape index (κ3) is 4.24. The smallest absolute Gasteiger partial charge is 0.256 e. The van der Waals surface area contributed by atoms with Crippen molar-refractivity contribution in [3.05, 3.63) is 35.4 Å². The Morgan fingerprint density at radius 1 is 1.19 bits per heavy atom. The van der Waals surface area contributed by atoms with Gasteiger partial charge in [-0.25, -0.2) is 0 Å². The number of β-amino-alcohol motifs (C(OH)–C–C–N with tert-alkyl or cyclic N) is 1. The molecule has 1 atom stereocenters. The van der Waals surface area contributed by atoms with E-state index in [0.717, 1.165) is 12.0 Å². The van der Waals surface area contributed by atoms with Gasteiger partial charge in [0.05, 0.1) is 6.54 Å². The summed E-state index contributed by atoms with van der Waals surface area (Å²) in [4.78, 5) is 28.1. The van der Waals surface area contributed by atoms with Gasteiger partial charge in [-0.15, -0.1) is 0 Å². The molecule has 2 fully saturated rings. The first-order chi connectivity index (χ1) is 12.4. The number of hydrogen-bond acceptors (Lipinski definition) is 4. The normalized spacial score (nSPS) is 24.8. The SMILES string of the molecule is CC(C)c1ccc(CN2CCC[C@@](O)(CN3CCNC(=O)C3)C2=O)cc1. The number of rotatable bonds is 5. The van der Waals surface area contributed by atoms with Crippen LogP contribution in [-0.2, 0) is 16.1 Å². The van der Waals surface area contributed by atoms with Crippen LogP contribution in [0.4, 0.5) is 0 Å². The van der Waals surface area contributed by atoms with Crippen molar-refractivity contribution in [1.82, 2.24) is 15.1 Å². The first-order valence-corrected chi connectivity index (χ1v) is 9.47. The molecule has 0 aliphatic carbocycles. The molecular weight excluding hydrogens is 330 g/mol. The molecule has 6 nitrogen and oxygen atoms in total. The second kappa shape index (κ2) is 7.76. The van der Waals surface area contributed by atoms with Gasteiger partial charge in [0.25, 0.3) is 5.91 Å². The maximum atomic E-state index is 12.9. The summed E-state index contributed by atoms with van der Waals surface area (Å²) in [7, 11) is 0. The van der Waals surface area contributed by atoms with Crippen LogP contribution in [0, 0.1) is 0 Å². The van der Waals surface area contributed by atoms with E-state index in [0.29, 0.717) is 38.5 Å². The van der Waals surface area contributed by atoms with Crippen molar-refractivity contribution in [2.45, 2.75) is 44.8 Å². The van der Waals surface area contributed by atoms with Crippen LogP contribution in [0.1, 0.15) is 43.7 Å². The minimum Gasteiger partial charge on any atom is -0.379 e. The van der Waals surface area contributed by atoms with Crippen LogP contribution in [0.15, 0.2) is 24.3 Å². The van der Waals surface area contributed by atoms with Gasteiger partial charge in [0.1, 0.15) is 0 Å². The molecule has 142 valence electrons. The zero-order valence-corrected chi connectivity index (χ0v) is 15.7.